The Hall–Kier alpha value is -2.07. The highest BCUT2D eigenvalue weighted by molar-refractivity contribution is 6.33. The lowest BCUT2D eigenvalue weighted by atomic mass is 10.1. The van der Waals surface area contributed by atoms with E-state index in [2.05, 4.69) is 11.9 Å². The van der Waals surface area contributed by atoms with Crippen LogP contribution in [0.4, 0.5) is 11.5 Å². The number of aromatic nitrogens is 1. The number of aromatic carboxylic acids is 1. The van der Waals surface area contributed by atoms with Crippen LogP contribution in [0.25, 0.3) is 0 Å². The zero-order valence-electron chi connectivity index (χ0n) is 11.3. The monoisotopic (exact) mass is 290 g/mol. The van der Waals surface area contributed by atoms with Crippen LogP contribution in [-0.2, 0) is 6.42 Å². The van der Waals surface area contributed by atoms with E-state index in [0.29, 0.717) is 10.8 Å². The van der Waals surface area contributed by atoms with Crippen LogP contribution in [0.3, 0.4) is 0 Å². The number of halogens is 1. The van der Waals surface area contributed by atoms with Crippen LogP contribution in [0.15, 0.2) is 36.5 Å². The molecule has 0 amide bonds. The minimum absolute atomic E-state index is 0.0773. The Bertz CT molecular complexity index is 626. The van der Waals surface area contributed by atoms with Crippen molar-refractivity contribution >= 4 is 29.1 Å². The highest BCUT2D eigenvalue weighted by Crippen LogP contribution is 2.29. The van der Waals surface area contributed by atoms with Gasteiger partial charge in [0.2, 0.25) is 0 Å². The van der Waals surface area contributed by atoms with Crippen molar-refractivity contribution in [3.63, 3.8) is 0 Å². The molecule has 0 spiro atoms. The van der Waals surface area contributed by atoms with Gasteiger partial charge in [-0.25, -0.2) is 9.78 Å². The smallest absolute Gasteiger partial charge is 0.337 e. The van der Waals surface area contributed by atoms with Crippen molar-refractivity contribution in [3.05, 3.63) is 52.7 Å². The Morgan fingerprint density at radius 2 is 2.00 bits per heavy atom. The molecule has 5 heteroatoms. The second-order valence-electron chi connectivity index (χ2n) is 4.41. The largest absolute Gasteiger partial charge is 0.478 e. The molecule has 0 atom stereocenters. The van der Waals surface area contributed by atoms with Gasteiger partial charge in [-0.3, -0.25) is 0 Å². The molecule has 20 heavy (non-hydrogen) atoms. The van der Waals surface area contributed by atoms with E-state index in [4.69, 9.17) is 16.7 Å². The Balaban J connectivity index is 2.32. The molecular weight excluding hydrogens is 276 g/mol. The Morgan fingerprint density at radius 1 is 1.35 bits per heavy atom. The van der Waals surface area contributed by atoms with E-state index in [1.807, 2.05) is 36.2 Å². The molecule has 2 aromatic rings. The summed E-state index contributed by atoms with van der Waals surface area (Å²) in [7, 11) is 1.84. The molecule has 0 saturated carbocycles. The SMILES string of the molecule is CCc1ccc(N(C)c2ncc(C(=O)O)cc2Cl)cc1. The number of carboxylic acids is 1. The number of pyridine rings is 1. The summed E-state index contributed by atoms with van der Waals surface area (Å²) in [6, 6.07) is 9.48. The van der Waals surface area contributed by atoms with Gasteiger partial charge in [0.15, 0.2) is 5.82 Å². The third-order valence-electron chi connectivity index (χ3n) is 3.12. The number of nitrogens with zero attached hydrogens (tertiary/aromatic N) is 2. The molecule has 0 bridgehead atoms. The van der Waals surface area contributed by atoms with Crippen molar-refractivity contribution in [1.82, 2.24) is 4.98 Å². The topological polar surface area (TPSA) is 53.4 Å². The number of hydrogen-bond acceptors (Lipinski definition) is 3. The first-order valence-corrected chi connectivity index (χ1v) is 6.62. The van der Waals surface area contributed by atoms with Gasteiger partial charge in [-0.2, -0.15) is 0 Å². The van der Waals surface area contributed by atoms with E-state index in [-0.39, 0.29) is 5.56 Å². The third kappa shape index (κ3) is 2.91. The van der Waals surface area contributed by atoms with E-state index >= 15 is 0 Å². The number of aryl methyl sites for hydroxylation is 1. The van der Waals surface area contributed by atoms with Crippen molar-refractivity contribution in [3.8, 4) is 0 Å². The normalized spacial score (nSPS) is 10.3. The molecule has 1 aromatic carbocycles. The molecule has 0 aliphatic carbocycles. The summed E-state index contributed by atoms with van der Waals surface area (Å²) in [5, 5.41) is 9.21. The lowest BCUT2D eigenvalue weighted by Gasteiger charge is -2.20. The van der Waals surface area contributed by atoms with Gasteiger partial charge in [-0.1, -0.05) is 30.7 Å². The molecular formula is C15H15ClN2O2. The molecule has 0 aliphatic rings. The van der Waals surface area contributed by atoms with Gasteiger partial charge in [0.05, 0.1) is 10.6 Å². The molecule has 4 nitrogen and oxygen atoms in total. The zero-order chi connectivity index (χ0) is 14.7. The first-order valence-electron chi connectivity index (χ1n) is 6.24. The van der Waals surface area contributed by atoms with Crippen molar-refractivity contribution in [2.24, 2.45) is 0 Å². The number of anilines is 2. The van der Waals surface area contributed by atoms with Crippen molar-refractivity contribution < 1.29 is 9.90 Å². The van der Waals surface area contributed by atoms with Crippen molar-refractivity contribution in [2.45, 2.75) is 13.3 Å². The van der Waals surface area contributed by atoms with Gasteiger partial charge in [0, 0.05) is 18.9 Å². The Morgan fingerprint density at radius 3 is 2.50 bits per heavy atom. The van der Waals surface area contributed by atoms with E-state index in [1.54, 1.807) is 0 Å². The maximum Gasteiger partial charge on any atom is 0.337 e. The number of benzene rings is 1. The lowest BCUT2D eigenvalue weighted by molar-refractivity contribution is 0.0696. The highest BCUT2D eigenvalue weighted by atomic mass is 35.5. The van der Waals surface area contributed by atoms with Crippen LogP contribution in [0, 0.1) is 0 Å². The van der Waals surface area contributed by atoms with Gasteiger partial charge < -0.3 is 10.0 Å². The third-order valence-corrected chi connectivity index (χ3v) is 3.40. The maximum atomic E-state index is 10.9. The molecule has 0 fully saturated rings. The first-order chi connectivity index (χ1) is 9.52. The maximum absolute atomic E-state index is 10.9. The summed E-state index contributed by atoms with van der Waals surface area (Å²) in [6.07, 6.45) is 2.29. The average Bonchev–Trinajstić information content (AvgIpc) is 2.46. The second kappa shape index (κ2) is 5.92. The van der Waals surface area contributed by atoms with Crippen LogP contribution < -0.4 is 4.90 Å². The van der Waals surface area contributed by atoms with Gasteiger partial charge >= 0.3 is 5.97 Å². The highest BCUT2D eigenvalue weighted by Gasteiger charge is 2.13. The lowest BCUT2D eigenvalue weighted by Crippen LogP contribution is -2.12. The Labute approximate surface area is 122 Å². The second-order valence-corrected chi connectivity index (χ2v) is 4.82. The van der Waals surface area contributed by atoms with Crippen LogP contribution in [0.2, 0.25) is 5.02 Å². The van der Waals surface area contributed by atoms with Gasteiger partial charge in [0.25, 0.3) is 0 Å². The fourth-order valence-corrected chi connectivity index (χ4v) is 2.17. The molecule has 1 aromatic heterocycles. The summed E-state index contributed by atoms with van der Waals surface area (Å²) in [5.74, 6) is -0.512. The zero-order valence-corrected chi connectivity index (χ0v) is 12.1. The summed E-state index contributed by atoms with van der Waals surface area (Å²) in [6.45, 7) is 2.10. The average molecular weight is 291 g/mol. The van der Waals surface area contributed by atoms with Crippen LogP contribution in [0.1, 0.15) is 22.8 Å². The number of carbonyl (C=O) groups is 1. The number of rotatable bonds is 4. The molecule has 1 heterocycles. The van der Waals surface area contributed by atoms with Gasteiger partial charge in [0.1, 0.15) is 0 Å². The van der Waals surface area contributed by atoms with Gasteiger partial charge in [-0.15, -0.1) is 0 Å². The molecule has 1 N–H and O–H groups in total. The van der Waals surface area contributed by atoms with E-state index < -0.39 is 5.97 Å². The fraction of sp³-hybridized carbons (Fsp3) is 0.200. The molecule has 0 saturated heterocycles. The number of carboxylic acid groups (broad SMARTS) is 1. The van der Waals surface area contributed by atoms with Crippen LogP contribution in [0.5, 0.6) is 0 Å². The summed E-state index contributed by atoms with van der Waals surface area (Å²) >= 11 is 6.11. The molecule has 104 valence electrons. The van der Waals surface area contributed by atoms with Crippen molar-refractivity contribution in [1.29, 1.82) is 0 Å². The fourth-order valence-electron chi connectivity index (χ4n) is 1.87. The minimum Gasteiger partial charge on any atom is -0.478 e. The van der Waals surface area contributed by atoms with Crippen molar-refractivity contribution in [2.75, 3.05) is 11.9 Å². The van der Waals surface area contributed by atoms with Crippen LogP contribution >= 0.6 is 11.6 Å². The van der Waals surface area contributed by atoms with E-state index in [1.165, 1.54) is 17.8 Å². The summed E-state index contributed by atoms with van der Waals surface area (Å²) < 4.78 is 0. The standard InChI is InChI=1S/C15H15ClN2O2/c1-3-10-4-6-12(7-5-10)18(2)14-13(16)8-11(9-17-14)15(19)20/h4-9H,3H2,1-2H3,(H,19,20). The Kier molecular flexibility index (Phi) is 4.25. The molecule has 0 aliphatic heterocycles. The minimum atomic E-state index is -1.04. The molecule has 2 rings (SSSR count). The molecule has 0 radical (unpaired) electrons. The summed E-state index contributed by atoms with van der Waals surface area (Å²) in [4.78, 5) is 16.8. The van der Waals surface area contributed by atoms with E-state index in [9.17, 15) is 4.79 Å². The quantitative estimate of drug-likeness (QED) is 0.931. The molecule has 0 unspecified atom stereocenters. The van der Waals surface area contributed by atoms with Crippen LogP contribution in [-0.4, -0.2) is 23.1 Å². The predicted molar refractivity (Wildman–Crippen MR) is 80.1 cm³/mol. The first kappa shape index (κ1) is 14.3. The predicted octanol–water partition coefficient (Wildman–Crippen LogP) is 3.76. The van der Waals surface area contributed by atoms with Gasteiger partial charge in [-0.05, 0) is 30.2 Å². The van der Waals surface area contributed by atoms with E-state index in [0.717, 1.165) is 12.1 Å². The number of hydrogen-bond donors (Lipinski definition) is 1. The summed E-state index contributed by atoms with van der Waals surface area (Å²) in [5.41, 5.74) is 2.27.